The van der Waals surface area contributed by atoms with Gasteiger partial charge in [-0.15, -0.1) is 11.3 Å². The fraction of sp³-hybridized carbons (Fsp3) is 0.143. The molecule has 8 heteroatoms. The number of benzene rings is 1. The fourth-order valence-electron chi connectivity index (χ4n) is 1.77. The number of aromatic nitrogens is 3. The average molecular weight is 348 g/mol. The number of carbonyl (C=O) groups is 1. The van der Waals surface area contributed by atoms with Crippen molar-refractivity contribution in [2.75, 3.05) is 11.1 Å². The molecule has 0 aliphatic carbocycles. The SMILES string of the molecule is Cc1ccccc1-c1nsc(SCC(=O)Nc2nccs2)n1. The predicted octanol–water partition coefficient (Wildman–Crippen LogP) is 3.70. The Morgan fingerprint density at radius 3 is 3.00 bits per heavy atom. The van der Waals surface area contributed by atoms with Gasteiger partial charge in [-0.1, -0.05) is 36.0 Å². The summed E-state index contributed by atoms with van der Waals surface area (Å²) >= 11 is 4.09. The quantitative estimate of drug-likeness (QED) is 0.712. The van der Waals surface area contributed by atoms with Crippen molar-refractivity contribution in [3.05, 3.63) is 41.4 Å². The van der Waals surface area contributed by atoms with Crippen LogP contribution in [0.2, 0.25) is 0 Å². The number of carbonyl (C=O) groups excluding carboxylic acids is 1. The van der Waals surface area contributed by atoms with Crippen LogP contribution in [0.15, 0.2) is 40.2 Å². The molecule has 0 aliphatic heterocycles. The van der Waals surface area contributed by atoms with Gasteiger partial charge >= 0.3 is 0 Å². The van der Waals surface area contributed by atoms with E-state index >= 15 is 0 Å². The molecule has 0 saturated carbocycles. The van der Waals surface area contributed by atoms with Gasteiger partial charge in [0.05, 0.1) is 5.75 Å². The molecule has 2 aromatic heterocycles. The summed E-state index contributed by atoms with van der Waals surface area (Å²) in [4.78, 5) is 20.3. The van der Waals surface area contributed by atoms with Gasteiger partial charge in [0.1, 0.15) is 0 Å². The number of aryl methyl sites for hydroxylation is 1. The first kappa shape index (κ1) is 15.1. The molecule has 0 spiro atoms. The predicted molar refractivity (Wildman–Crippen MR) is 91.5 cm³/mol. The smallest absolute Gasteiger partial charge is 0.236 e. The molecule has 112 valence electrons. The van der Waals surface area contributed by atoms with Crippen LogP contribution in [0, 0.1) is 6.92 Å². The molecule has 0 saturated heterocycles. The van der Waals surface area contributed by atoms with Crippen LogP contribution in [0.5, 0.6) is 0 Å². The van der Waals surface area contributed by atoms with Crippen LogP contribution in [0.1, 0.15) is 5.56 Å². The Labute approximate surface area is 140 Å². The summed E-state index contributed by atoms with van der Waals surface area (Å²) in [6.07, 6.45) is 1.66. The van der Waals surface area contributed by atoms with E-state index in [2.05, 4.69) is 19.7 Å². The highest BCUT2D eigenvalue weighted by molar-refractivity contribution is 8.01. The third kappa shape index (κ3) is 3.70. The number of anilines is 1. The molecule has 1 amide bonds. The number of nitrogens with zero attached hydrogens (tertiary/aromatic N) is 3. The Morgan fingerprint density at radius 1 is 1.36 bits per heavy atom. The van der Waals surface area contributed by atoms with E-state index in [0.717, 1.165) is 15.5 Å². The van der Waals surface area contributed by atoms with Gasteiger partial charge in [0.2, 0.25) is 5.91 Å². The molecule has 0 atom stereocenters. The van der Waals surface area contributed by atoms with Crippen molar-refractivity contribution in [1.29, 1.82) is 0 Å². The zero-order valence-corrected chi connectivity index (χ0v) is 14.1. The van der Waals surface area contributed by atoms with Crippen molar-refractivity contribution in [3.63, 3.8) is 0 Å². The number of rotatable bonds is 5. The van der Waals surface area contributed by atoms with E-state index in [9.17, 15) is 4.79 Å². The molecule has 0 fully saturated rings. The monoisotopic (exact) mass is 348 g/mol. The summed E-state index contributed by atoms with van der Waals surface area (Å²) in [5.41, 5.74) is 2.16. The second kappa shape index (κ2) is 6.99. The van der Waals surface area contributed by atoms with Crippen molar-refractivity contribution in [3.8, 4) is 11.4 Å². The van der Waals surface area contributed by atoms with Crippen LogP contribution >= 0.6 is 34.6 Å². The third-order valence-corrected chi connectivity index (χ3v) is 5.32. The van der Waals surface area contributed by atoms with Gasteiger partial charge in [0.15, 0.2) is 15.3 Å². The van der Waals surface area contributed by atoms with Gasteiger partial charge in [0, 0.05) is 17.1 Å². The van der Waals surface area contributed by atoms with E-state index in [4.69, 9.17) is 0 Å². The van der Waals surface area contributed by atoms with Gasteiger partial charge in [-0.05, 0) is 24.0 Å². The molecule has 3 aromatic rings. The maximum Gasteiger partial charge on any atom is 0.236 e. The zero-order chi connectivity index (χ0) is 15.4. The molecule has 22 heavy (non-hydrogen) atoms. The number of thioether (sulfide) groups is 1. The number of amides is 1. The van der Waals surface area contributed by atoms with E-state index in [1.807, 2.05) is 36.6 Å². The summed E-state index contributed by atoms with van der Waals surface area (Å²) in [5, 5.41) is 5.18. The molecular weight excluding hydrogens is 336 g/mol. The molecule has 1 N–H and O–H groups in total. The van der Waals surface area contributed by atoms with E-state index < -0.39 is 0 Å². The normalized spacial score (nSPS) is 10.6. The van der Waals surface area contributed by atoms with Gasteiger partial charge in [0.25, 0.3) is 0 Å². The molecular formula is C14H12N4OS3. The highest BCUT2D eigenvalue weighted by Gasteiger charge is 2.11. The number of hydrogen-bond donors (Lipinski definition) is 1. The largest absolute Gasteiger partial charge is 0.301 e. The maximum atomic E-state index is 11.8. The van der Waals surface area contributed by atoms with Gasteiger partial charge in [-0.3, -0.25) is 4.79 Å². The van der Waals surface area contributed by atoms with Crippen LogP contribution < -0.4 is 5.32 Å². The summed E-state index contributed by atoms with van der Waals surface area (Å²) in [7, 11) is 0. The lowest BCUT2D eigenvalue weighted by Gasteiger charge is -2.00. The molecule has 3 rings (SSSR count). The molecule has 1 aromatic carbocycles. The zero-order valence-electron chi connectivity index (χ0n) is 11.6. The first-order valence-corrected chi connectivity index (χ1v) is 9.08. The maximum absolute atomic E-state index is 11.8. The molecule has 5 nitrogen and oxygen atoms in total. The Bertz CT molecular complexity index is 770. The minimum absolute atomic E-state index is 0.0902. The topological polar surface area (TPSA) is 67.8 Å². The van der Waals surface area contributed by atoms with Crippen molar-refractivity contribution in [2.24, 2.45) is 0 Å². The summed E-state index contributed by atoms with van der Waals surface area (Å²) < 4.78 is 5.15. The van der Waals surface area contributed by atoms with Crippen molar-refractivity contribution in [2.45, 2.75) is 11.3 Å². The number of nitrogens with one attached hydrogen (secondary N) is 1. The Morgan fingerprint density at radius 2 is 2.23 bits per heavy atom. The number of hydrogen-bond acceptors (Lipinski definition) is 7. The second-order valence-electron chi connectivity index (χ2n) is 4.37. The molecule has 2 heterocycles. The van der Waals surface area contributed by atoms with E-state index in [-0.39, 0.29) is 5.91 Å². The van der Waals surface area contributed by atoms with E-state index in [0.29, 0.717) is 16.7 Å². The minimum Gasteiger partial charge on any atom is -0.301 e. The first-order valence-electron chi connectivity index (χ1n) is 6.44. The minimum atomic E-state index is -0.0902. The first-order chi connectivity index (χ1) is 10.7. The lowest BCUT2D eigenvalue weighted by Crippen LogP contribution is -2.13. The Balaban J connectivity index is 1.60. The Hall–Kier alpha value is -1.77. The highest BCUT2D eigenvalue weighted by atomic mass is 32.2. The second-order valence-corrected chi connectivity index (χ2v) is 7.24. The standard InChI is InChI=1S/C14H12N4OS3/c1-9-4-2-3-5-10(9)12-17-14(22-18-12)21-8-11(19)16-13-15-6-7-20-13/h2-7H,8H2,1H3,(H,15,16,19). The summed E-state index contributed by atoms with van der Waals surface area (Å²) in [6.45, 7) is 2.03. The van der Waals surface area contributed by atoms with E-state index in [1.165, 1.54) is 34.6 Å². The fourth-order valence-corrected chi connectivity index (χ4v) is 3.72. The van der Waals surface area contributed by atoms with Crippen LogP contribution in [0.3, 0.4) is 0 Å². The lowest BCUT2D eigenvalue weighted by molar-refractivity contribution is -0.113. The lowest BCUT2D eigenvalue weighted by atomic mass is 10.1. The third-order valence-electron chi connectivity index (χ3n) is 2.80. The van der Waals surface area contributed by atoms with Crippen molar-refractivity contribution in [1.82, 2.24) is 14.3 Å². The average Bonchev–Trinajstić information content (AvgIpc) is 3.17. The highest BCUT2D eigenvalue weighted by Crippen LogP contribution is 2.27. The summed E-state index contributed by atoms with van der Waals surface area (Å²) in [6, 6.07) is 7.99. The number of thiazole rings is 1. The molecule has 0 aliphatic rings. The van der Waals surface area contributed by atoms with Crippen molar-refractivity contribution < 1.29 is 4.79 Å². The molecule has 0 radical (unpaired) electrons. The van der Waals surface area contributed by atoms with E-state index in [1.54, 1.807) is 6.20 Å². The van der Waals surface area contributed by atoms with Gasteiger partial charge in [-0.2, -0.15) is 4.37 Å². The van der Waals surface area contributed by atoms with Gasteiger partial charge in [-0.25, -0.2) is 9.97 Å². The van der Waals surface area contributed by atoms with Crippen LogP contribution in [0.25, 0.3) is 11.4 Å². The van der Waals surface area contributed by atoms with Crippen LogP contribution in [-0.4, -0.2) is 26.0 Å². The Kier molecular flexibility index (Phi) is 4.81. The summed E-state index contributed by atoms with van der Waals surface area (Å²) in [5.74, 6) is 0.917. The van der Waals surface area contributed by atoms with Gasteiger partial charge < -0.3 is 5.32 Å². The van der Waals surface area contributed by atoms with Crippen LogP contribution in [-0.2, 0) is 4.79 Å². The molecule has 0 unspecified atom stereocenters. The molecule has 0 bridgehead atoms. The van der Waals surface area contributed by atoms with Crippen LogP contribution in [0.4, 0.5) is 5.13 Å². The van der Waals surface area contributed by atoms with Crippen molar-refractivity contribution >= 4 is 45.7 Å².